The van der Waals surface area contributed by atoms with Crippen molar-refractivity contribution in [1.82, 2.24) is 9.55 Å². The number of aryl methyl sites for hydroxylation is 1. The second-order valence-electron chi connectivity index (χ2n) is 4.60. The first-order chi connectivity index (χ1) is 8.28. The summed E-state index contributed by atoms with van der Waals surface area (Å²) in [5.41, 5.74) is 2.37. The summed E-state index contributed by atoms with van der Waals surface area (Å²) in [6.07, 6.45) is 4.73. The molecule has 1 aliphatic carbocycles. The summed E-state index contributed by atoms with van der Waals surface area (Å²) in [4.78, 5) is 4.72. The Balaban J connectivity index is 1.95. The summed E-state index contributed by atoms with van der Waals surface area (Å²) in [6.45, 7) is 0. The van der Waals surface area contributed by atoms with E-state index in [0.717, 1.165) is 17.1 Å². The number of imidazole rings is 1. The first kappa shape index (κ1) is 10.4. The molecule has 0 radical (unpaired) electrons. The van der Waals surface area contributed by atoms with E-state index in [2.05, 4.69) is 29.9 Å². The zero-order valence-electron chi connectivity index (χ0n) is 10.2. The molecule has 1 aliphatic rings. The maximum atomic E-state index is 5.16. The standard InChI is InChI=1S/C14H16N2O/c1-16-9-13(10-3-4-10)15-14(16)11-5-7-12(17-2)8-6-11/h5-10H,3-4H2,1-2H3. The zero-order valence-corrected chi connectivity index (χ0v) is 10.2. The van der Waals surface area contributed by atoms with Gasteiger partial charge in [-0.3, -0.25) is 0 Å². The molecule has 17 heavy (non-hydrogen) atoms. The number of hydrogen-bond donors (Lipinski definition) is 0. The van der Waals surface area contributed by atoms with Crippen molar-refractivity contribution in [2.75, 3.05) is 7.11 Å². The van der Waals surface area contributed by atoms with Gasteiger partial charge in [-0.05, 0) is 37.1 Å². The fraction of sp³-hybridized carbons (Fsp3) is 0.357. The van der Waals surface area contributed by atoms with E-state index in [1.807, 2.05) is 12.1 Å². The Morgan fingerprint density at radius 3 is 2.53 bits per heavy atom. The summed E-state index contributed by atoms with van der Waals surface area (Å²) in [5.74, 6) is 2.62. The second-order valence-corrected chi connectivity index (χ2v) is 4.60. The minimum atomic E-state index is 0.702. The highest BCUT2D eigenvalue weighted by atomic mass is 16.5. The van der Waals surface area contributed by atoms with Gasteiger partial charge in [-0.25, -0.2) is 4.98 Å². The van der Waals surface area contributed by atoms with Crippen molar-refractivity contribution in [3.05, 3.63) is 36.2 Å². The van der Waals surface area contributed by atoms with Crippen LogP contribution in [-0.2, 0) is 7.05 Å². The van der Waals surface area contributed by atoms with E-state index in [1.165, 1.54) is 18.5 Å². The number of methoxy groups -OCH3 is 1. The normalized spacial score (nSPS) is 14.9. The Bertz CT molecular complexity index is 524. The molecule has 2 aromatic rings. The monoisotopic (exact) mass is 228 g/mol. The molecule has 1 aromatic heterocycles. The van der Waals surface area contributed by atoms with Gasteiger partial charge in [-0.2, -0.15) is 0 Å². The molecule has 0 bridgehead atoms. The van der Waals surface area contributed by atoms with Crippen LogP contribution in [0, 0.1) is 0 Å². The molecule has 3 rings (SSSR count). The van der Waals surface area contributed by atoms with Gasteiger partial charge >= 0.3 is 0 Å². The lowest BCUT2D eigenvalue weighted by atomic mass is 10.2. The smallest absolute Gasteiger partial charge is 0.139 e. The van der Waals surface area contributed by atoms with Gasteiger partial charge in [0.1, 0.15) is 11.6 Å². The van der Waals surface area contributed by atoms with Gasteiger partial charge in [-0.15, -0.1) is 0 Å². The second kappa shape index (κ2) is 3.91. The molecule has 0 N–H and O–H groups in total. The molecule has 1 heterocycles. The number of benzene rings is 1. The Labute approximate surface area is 101 Å². The minimum Gasteiger partial charge on any atom is -0.497 e. The van der Waals surface area contributed by atoms with Crippen molar-refractivity contribution in [2.45, 2.75) is 18.8 Å². The van der Waals surface area contributed by atoms with Crippen LogP contribution in [0.1, 0.15) is 24.5 Å². The lowest BCUT2D eigenvalue weighted by molar-refractivity contribution is 0.415. The number of hydrogen-bond acceptors (Lipinski definition) is 2. The number of nitrogens with zero attached hydrogens (tertiary/aromatic N) is 2. The van der Waals surface area contributed by atoms with Crippen molar-refractivity contribution in [3.63, 3.8) is 0 Å². The quantitative estimate of drug-likeness (QED) is 0.807. The van der Waals surface area contributed by atoms with Gasteiger partial charge in [0.15, 0.2) is 0 Å². The van der Waals surface area contributed by atoms with Crippen LogP contribution in [-0.4, -0.2) is 16.7 Å². The van der Waals surface area contributed by atoms with Crippen LogP contribution < -0.4 is 4.74 Å². The first-order valence-corrected chi connectivity index (χ1v) is 5.95. The van der Waals surface area contributed by atoms with Crippen molar-refractivity contribution in [3.8, 4) is 17.1 Å². The van der Waals surface area contributed by atoms with Crippen LogP contribution in [0.15, 0.2) is 30.5 Å². The predicted molar refractivity (Wildman–Crippen MR) is 67.2 cm³/mol. The van der Waals surface area contributed by atoms with Crippen molar-refractivity contribution < 1.29 is 4.74 Å². The lowest BCUT2D eigenvalue weighted by Gasteiger charge is -2.03. The molecule has 88 valence electrons. The molecule has 0 atom stereocenters. The fourth-order valence-electron chi connectivity index (χ4n) is 2.07. The van der Waals surface area contributed by atoms with Crippen LogP contribution in [0.5, 0.6) is 5.75 Å². The summed E-state index contributed by atoms with van der Waals surface area (Å²) < 4.78 is 7.27. The van der Waals surface area contributed by atoms with E-state index in [9.17, 15) is 0 Å². The van der Waals surface area contributed by atoms with Crippen molar-refractivity contribution >= 4 is 0 Å². The van der Waals surface area contributed by atoms with Crippen molar-refractivity contribution in [1.29, 1.82) is 0 Å². The predicted octanol–water partition coefficient (Wildman–Crippen LogP) is 2.97. The zero-order chi connectivity index (χ0) is 11.8. The minimum absolute atomic E-state index is 0.702. The van der Waals surface area contributed by atoms with Gasteiger partial charge in [-0.1, -0.05) is 0 Å². The molecule has 0 unspecified atom stereocenters. The molecule has 1 aromatic carbocycles. The van der Waals surface area contributed by atoms with E-state index < -0.39 is 0 Å². The maximum Gasteiger partial charge on any atom is 0.139 e. The van der Waals surface area contributed by atoms with Crippen LogP contribution >= 0.6 is 0 Å². The van der Waals surface area contributed by atoms with E-state index in [1.54, 1.807) is 7.11 Å². The molecular weight excluding hydrogens is 212 g/mol. The van der Waals surface area contributed by atoms with Crippen molar-refractivity contribution in [2.24, 2.45) is 7.05 Å². The van der Waals surface area contributed by atoms with E-state index in [0.29, 0.717) is 5.92 Å². The van der Waals surface area contributed by atoms with Gasteiger partial charge in [0, 0.05) is 24.7 Å². The van der Waals surface area contributed by atoms with Crippen LogP contribution in [0.3, 0.4) is 0 Å². The first-order valence-electron chi connectivity index (χ1n) is 5.95. The molecule has 1 saturated carbocycles. The highest BCUT2D eigenvalue weighted by Crippen LogP contribution is 2.40. The Morgan fingerprint density at radius 1 is 1.24 bits per heavy atom. The van der Waals surface area contributed by atoms with Crippen LogP contribution in [0.2, 0.25) is 0 Å². The maximum absolute atomic E-state index is 5.16. The largest absolute Gasteiger partial charge is 0.497 e. The number of ether oxygens (including phenoxy) is 1. The Kier molecular flexibility index (Phi) is 2.39. The van der Waals surface area contributed by atoms with E-state index >= 15 is 0 Å². The molecule has 3 nitrogen and oxygen atoms in total. The summed E-state index contributed by atoms with van der Waals surface area (Å²) >= 11 is 0. The molecular formula is C14H16N2O. The third-order valence-electron chi connectivity index (χ3n) is 3.24. The van der Waals surface area contributed by atoms with Gasteiger partial charge in [0.2, 0.25) is 0 Å². The number of rotatable bonds is 3. The Morgan fingerprint density at radius 2 is 1.94 bits per heavy atom. The van der Waals surface area contributed by atoms with E-state index in [4.69, 9.17) is 9.72 Å². The van der Waals surface area contributed by atoms with Gasteiger partial charge < -0.3 is 9.30 Å². The lowest BCUT2D eigenvalue weighted by Crippen LogP contribution is -1.91. The van der Waals surface area contributed by atoms with Crippen LogP contribution in [0.25, 0.3) is 11.4 Å². The highest BCUT2D eigenvalue weighted by Gasteiger charge is 2.26. The van der Waals surface area contributed by atoms with Gasteiger partial charge in [0.25, 0.3) is 0 Å². The number of aromatic nitrogens is 2. The molecule has 0 saturated heterocycles. The van der Waals surface area contributed by atoms with E-state index in [-0.39, 0.29) is 0 Å². The van der Waals surface area contributed by atoms with Crippen LogP contribution in [0.4, 0.5) is 0 Å². The molecule has 3 heteroatoms. The SMILES string of the molecule is COc1ccc(-c2nc(C3CC3)cn2C)cc1. The topological polar surface area (TPSA) is 27.1 Å². The average molecular weight is 228 g/mol. The Hall–Kier alpha value is -1.77. The molecule has 0 aliphatic heterocycles. The summed E-state index contributed by atoms with van der Waals surface area (Å²) in [5, 5.41) is 0. The van der Waals surface area contributed by atoms with Gasteiger partial charge in [0.05, 0.1) is 12.8 Å². The third-order valence-corrected chi connectivity index (χ3v) is 3.24. The average Bonchev–Trinajstić information content (AvgIpc) is 3.13. The summed E-state index contributed by atoms with van der Waals surface area (Å²) in [7, 11) is 3.74. The molecule has 0 spiro atoms. The fourth-order valence-corrected chi connectivity index (χ4v) is 2.07. The third kappa shape index (κ3) is 1.93. The molecule has 0 amide bonds. The highest BCUT2D eigenvalue weighted by molar-refractivity contribution is 5.57. The molecule has 1 fully saturated rings. The summed E-state index contributed by atoms with van der Waals surface area (Å²) in [6, 6.07) is 8.05.